The van der Waals surface area contributed by atoms with Gasteiger partial charge >= 0.3 is 5.51 Å². The van der Waals surface area contributed by atoms with Crippen molar-refractivity contribution in [3.8, 4) is 0 Å². The number of carbonyl (C=O) groups is 1. The average Bonchev–Trinajstić information content (AvgIpc) is 2.62. The van der Waals surface area contributed by atoms with Gasteiger partial charge in [0.2, 0.25) is 5.43 Å². The molecule has 1 aromatic heterocycles. The molecule has 0 saturated carbocycles. The first kappa shape index (κ1) is 22.1. The number of H-pyrrole nitrogens is 1. The second kappa shape index (κ2) is 8.63. The fraction of sp³-hybridized carbons (Fsp3) is 0.158. The minimum Gasteiger partial charge on any atom is -0.348 e. The van der Waals surface area contributed by atoms with E-state index in [4.69, 9.17) is 23.2 Å². The zero-order chi connectivity index (χ0) is 21.3. The van der Waals surface area contributed by atoms with Crippen molar-refractivity contribution in [3.63, 3.8) is 0 Å². The second-order valence-corrected chi connectivity index (χ2v) is 8.91. The highest BCUT2D eigenvalue weighted by Gasteiger charge is 2.29. The van der Waals surface area contributed by atoms with Crippen LogP contribution in [-0.4, -0.2) is 16.3 Å². The van der Waals surface area contributed by atoms with Crippen LogP contribution < -0.4 is 5.43 Å². The van der Waals surface area contributed by atoms with E-state index in [1.807, 2.05) is 0 Å². The Bertz CT molecular complexity index is 1150. The first-order valence-corrected chi connectivity index (χ1v) is 10.6. The van der Waals surface area contributed by atoms with E-state index in [-0.39, 0.29) is 37.7 Å². The van der Waals surface area contributed by atoms with E-state index in [1.54, 1.807) is 18.2 Å². The topological polar surface area (TPSA) is 49.9 Å². The minimum atomic E-state index is -4.35. The van der Waals surface area contributed by atoms with E-state index in [2.05, 4.69) is 4.98 Å². The number of fused-ring (bicyclic) bond motifs is 1. The Labute approximate surface area is 182 Å². The van der Waals surface area contributed by atoms with Gasteiger partial charge in [-0.2, -0.15) is 13.2 Å². The number of rotatable bonds is 5. The number of pyridine rings is 1. The standard InChI is InChI=1S/C19H12Cl2F3NO2S2/c1-9(26)14-17(27)15-12(20)6-7-13(21)16(15)25-18(14)28-8-10-2-4-11(5-3-10)29-19(22,23)24/h2-7H,8H2,1H3,(H,25,27). The van der Waals surface area contributed by atoms with Crippen LogP contribution in [0.2, 0.25) is 10.0 Å². The third kappa shape index (κ3) is 5.12. The maximum Gasteiger partial charge on any atom is 0.446 e. The number of halogens is 5. The van der Waals surface area contributed by atoms with E-state index in [0.717, 1.165) is 5.56 Å². The van der Waals surface area contributed by atoms with Gasteiger partial charge in [-0.3, -0.25) is 9.59 Å². The molecule has 1 heterocycles. The smallest absolute Gasteiger partial charge is 0.348 e. The highest BCUT2D eigenvalue weighted by Crippen LogP contribution is 2.37. The number of aromatic amines is 1. The van der Waals surface area contributed by atoms with Crippen molar-refractivity contribution in [1.82, 2.24) is 4.98 Å². The van der Waals surface area contributed by atoms with Crippen LogP contribution in [0.1, 0.15) is 22.8 Å². The third-order valence-corrected chi connectivity index (χ3v) is 6.36. The normalized spacial score (nSPS) is 11.8. The van der Waals surface area contributed by atoms with E-state index in [1.165, 1.54) is 36.9 Å². The Morgan fingerprint density at radius 3 is 2.28 bits per heavy atom. The Morgan fingerprint density at radius 1 is 1.07 bits per heavy atom. The summed E-state index contributed by atoms with van der Waals surface area (Å²) in [5.41, 5.74) is -3.84. The number of hydrogen-bond donors (Lipinski definition) is 1. The second-order valence-electron chi connectivity index (χ2n) is 5.97. The van der Waals surface area contributed by atoms with Crippen LogP contribution in [0.15, 0.2) is 51.1 Å². The van der Waals surface area contributed by atoms with Crippen molar-refractivity contribution >= 4 is 63.4 Å². The monoisotopic (exact) mass is 477 g/mol. The Balaban J connectivity index is 1.94. The zero-order valence-electron chi connectivity index (χ0n) is 14.7. The summed E-state index contributed by atoms with van der Waals surface area (Å²) in [7, 11) is 0. The zero-order valence-corrected chi connectivity index (χ0v) is 17.8. The molecule has 0 amide bonds. The van der Waals surface area contributed by atoms with Gasteiger partial charge in [0.1, 0.15) is 0 Å². The van der Waals surface area contributed by atoms with Crippen LogP contribution in [0.25, 0.3) is 10.9 Å². The highest BCUT2D eigenvalue weighted by molar-refractivity contribution is 8.00. The fourth-order valence-electron chi connectivity index (χ4n) is 2.67. The number of aromatic nitrogens is 1. The lowest BCUT2D eigenvalue weighted by Gasteiger charge is -2.11. The predicted molar refractivity (Wildman–Crippen MR) is 113 cm³/mol. The van der Waals surface area contributed by atoms with Crippen molar-refractivity contribution < 1.29 is 18.0 Å². The number of benzene rings is 2. The lowest BCUT2D eigenvalue weighted by Crippen LogP contribution is -2.17. The fourth-order valence-corrected chi connectivity index (χ4v) is 4.72. The van der Waals surface area contributed by atoms with Crippen LogP contribution in [0.3, 0.4) is 0 Å². The van der Waals surface area contributed by atoms with Gasteiger partial charge in [-0.05, 0) is 48.5 Å². The number of nitrogens with one attached hydrogen (secondary N) is 1. The van der Waals surface area contributed by atoms with Crippen LogP contribution in [0, 0.1) is 0 Å². The molecule has 0 spiro atoms. The molecule has 29 heavy (non-hydrogen) atoms. The average molecular weight is 478 g/mol. The van der Waals surface area contributed by atoms with Crippen molar-refractivity contribution in [2.45, 2.75) is 28.1 Å². The lowest BCUT2D eigenvalue weighted by atomic mass is 10.1. The largest absolute Gasteiger partial charge is 0.446 e. The Kier molecular flexibility index (Phi) is 6.57. The molecule has 0 atom stereocenters. The number of alkyl halides is 3. The Hall–Kier alpha value is -1.61. The van der Waals surface area contributed by atoms with Crippen LogP contribution in [-0.2, 0) is 5.75 Å². The quantitative estimate of drug-likeness (QED) is 0.319. The summed E-state index contributed by atoms with van der Waals surface area (Å²) in [5, 5.41) is 0.935. The summed E-state index contributed by atoms with van der Waals surface area (Å²) in [6.45, 7) is 1.28. The van der Waals surface area contributed by atoms with Gasteiger partial charge in [0.05, 0.1) is 31.5 Å². The summed E-state index contributed by atoms with van der Waals surface area (Å²) in [6, 6.07) is 8.91. The SMILES string of the molecule is CC(=O)c1c(SCc2ccc(SC(F)(F)F)cc2)[nH]c2c(Cl)ccc(Cl)c2c1=O. The van der Waals surface area contributed by atoms with E-state index >= 15 is 0 Å². The molecule has 152 valence electrons. The van der Waals surface area contributed by atoms with Crippen molar-refractivity contribution in [3.05, 3.63) is 67.8 Å². The van der Waals surface area contributed by atoms with Gasteiger partial charge in [-0.25, -0.2) is 0 Å². The van der Waals surface area contributed by atoms with Crippen molar-refractivity contribution in [2.75, 3.05) is 0 Å². The number of hydrogen-bond acceptors (Lipinski definition) is 4. The summed E-state index contributed by atoms with van der Waals surface area (Å²) in [4.78, 5) is 28.0. The first-order valence-electron chi connectivity index (χ1n) is 8.09. The number of ketones is 1. The molecular weight excluding hydrogens is 466 g/mol. The van der Waals surface area contributed by atoms with Gasteiger partial charge in [-0.15, -0.1) is 11.8 Å². The molecule has 0 bridgehead atoms. The van der Waals surface area contributed by atoms with Gasteiger partial charge in [-0.1, -0.05) is 35.3 Å². The predicted octanol–water partition coefficient (Wildman–Crippen LogP) is 6.94. The number of Topliss-reactive ketones (excluding diaryl/α,β-unsaturated/α-hetero) is 1. The summed E-state index contributed by atoms with van der Waals surface area (Å²) in [5.74, 6) is -0.0970. The third-order valence-electron chi connectivity index (χ3n) is 3.92. The van der Waals surface area contributed by atoms with Gasteiger partial charge < -0.3 is 4.98 Å². The molecule has 0 radical (unpaired) electrons. The van der Waals surface area contributed by atoms with E-state index in [9.17, 15) is 22.8 Å². The molecule has 3 nitrogen and oxygen atoms in total. The minimum absolute atomic E-state index is 0.0316. The molecule has 0 aliphatic rings. The molecule has 2 aromatic carbocycles. The molecule has 0 fully saturated rings. The molecule has 0 saturated heterocycles. The summed E-state index contributed by atoms with van der Waals surface area (Å²) in [6.07, 6.45) is 0. The van der Waals surface area contributed by atoms with Crippen molar-refractivity contribution in [2.24, 2.45) is 0 Å². The number of carbonyl (C=O) groups excluding carboxylic acids is 1. The van der Waals surface area contributed by atoms with Crippen molar-refractivity contribution in [1.29, 1.82) is 0 Å². The van der Waals surface area contributed by atoms with Gasteiger partial charge in [0, 0.05) is 10.6 Å². The highest BCUT2D eigenvalue weighted by atomic mass is 35.5. The maximum atomic E-state index is 12.8. The molecule has 0 aliphatic carbocycles. The van der Waals surface area contributed by atoms with Crippen LogP contribution in [0.5, 0.6) is 0 Å². The first-order chi connectivity index (χ1) is 13.6. The van der Waals surface area contributed by atoms with E-state index < -0.39 is 16.7 Å². The summed E-state index contributed by atoms with van der Waals surface area (Å²) < 4.78 is 37.3. The molecule has 10 heteroatoms. The molecule has 3 rings (SSSR count). The maximum absolute atomic E-state index is 12.8. The molecule has 1 N–H and O–H groups in total. The summed E-state index contributed by atoms with van der Waals surface area (Å²) >= 11 is 13.3. The van der Waals surface area contributed by atoms with Gasteiger partial charge in [0.15, 0.2) is 5.78 Å². The molecule has 0 unspecified atom stereocenters. The van der Waals surface area contributed by atoms with Crippen LogP contribution in [0.4, 0.5) is 13.2 Å². The van der Waals surface area contributed by atoms with E-state index in [0.29, 0.717) is 16.3 Å². The lowest BCUT2D eigenvalue weighted by molar-refractivity contribution is -0.0328. The molecular formula is C19H12Cl2F3NO2S2. The number of thioether (sulfide) groups is 2. The van der Waals surface area contributed by atoms with Crippen LogP contribution >= 0.6 is 46.7 Å². The molecule has 3 aromatic rings. The Morgan fingerprint density at radius 2 is 1.69 bits per heavy atom. The molecule has 0 aliphatic heterocycles. The van der Waals surface area contributed by atoms with Gasteiger partial charge in [0.25, 0.3) is 0 Å².